The van der Waals surface area contributed by atoms with Gasteiger partial charge in [0.25, 0.3) is 0 Å². The van der Waals surface area contributed by atoms with Gasteiger partial charge in [0.1, 0.15) is 6.23 Å². The standard InChI is InChI=1S/C18H22N6O/c1-13-6-7-14(15-10-19-20-11-15)12-23(13)18(25)16-4-2-3-5-17(16)24-21-8-9-22-24/h2-5,8-11,13-14,18,25H,6-7,12H2,1H3,(H,19,20). The monoisotopic (exact) mass is 338 g/mol. The molecule has 7 heteroatoms. The Kier molecular flexibility index (Phi) is 4.33. The molecule has 0 bridgehead atoms. The smallest absolute Gasteiger partial charge is 0.135 e. The summed E-state index contributed by atoms with van der Waals surface area (Å²) in [6, 6.07) is 8.05. The van der Waals surface area contributed by atoms with E-state index in [1.807, 2.05) is 36.7 Å². The van der Waals surface area contributed by atoms with Crippen molar-refractivity contribution in [1.82, 2.24) is 30.1 Å². The number of nitrogens with one attached hydrogen (secondary N) is 1. The molecule has 0 amide bonds. The summed E-state index contributed by atoms with van der Waals surface area (Å²) in [5, 5.41) is 26.5. The van der Waals surface area contributed by atoms with Crippen molar-refractivity contribution in [1.29, 1.82) is 0 Å². The average molecular weight is 338 g/mol. The first-order chi connectivity index (χ1) is 12.2. The molecule has 0 saturated carbocycles. The Labute approximate surface area is 146 Å². The molecule has 1 aliphatic rings. The fraction of sp³-hybridized carbons (Fsp3) is 0.389. The van der Waals surface area contributed by atoms with Crippen molar-refractivity contribution < 1.29 is 5.11 Å². The van der Waals surface area contributed by atoms with Gasteiger partial charge in [-0.05, 0) is 37.3 Å². The van der Waals surface area contributed by atoms with Gasteiger partial charge in [-0.1, -0.05) is 18.2 Å². The van der Waals surface area contributed by atoms with Gasteiger partial charge < -0.3 is 5.11 Å². The van der Waals surface area contributed by atoms with Gasteiger partial charge in [0.05, 0.1) is 24.3 Å². The minimum atomic E-state index is -0.702. The Morgan fingerprint density at radius 3 is 2.76 bits per heavy atom. The molecule has 25 heavy (non-hydrogen) atoms. The first kappa shape index (κ1) is 16.0. The number of hydrogen-bond acceptors (Lipinski definition) is 5. The molecular formula is C18H22N6O. The molecule has 1 saturated heterocycles. The third kappa shape index (κ3) is 3.08. The molecule has 0 radical (unpaired) electrons. The molecule has 3 heterocycles. The van der Waals surface area contributed by atoms with E-state index < -0.39 is 6.23 Å². The zero-order chi connectivity index (χ0) is 17.2. The SMILES string of the molecule is CC1CCC(c2cn[nH]c2)CN1C(O)c1ccccc1-n1nccn1. The Morgan fingerprint density at radius 2 is 2.00 bits per heavy atom. The predicted molar refractivity (Wildman–Crippen MR) is 93.0 cm³/mol. The van der Waals surface area contributed by atoms with Gasteiger partial charge in [-0.15, -0.1) is 0 Å². The lowest BCUT2D eigenvalue weighted by Crippen LogP contribution is -2.43. The van der Waals surface area contributed by atoms with Crippen LogP contribution in [0.4, 0.5) is 0 Å². The maximum atomic E-state index is 11.1. The van der Waals surface area contributed by atoms with Gasteiger partial charge in [-0.3, -0.25) is 10.00 Å². The zero-order valence-electron chi connectivity index (χ0n) is 14.2. The highest BCUT2D eigenvalue weighted by molar-refractivity contribution is 5.40. The summed E-state index contributed by atoms with van der Waals surface area (Å²) in [6.07, 6.45) is 8.55. The Hall–Kier alpha value is -2.51. The van der Waals surface area contributed by atoms with Gasteiger partial charge in [-0.2, -0.15) is 20.1 Å². The van der Waals surface area contributed by atoms with Crippen molar-refractivity contribution in [2.75, 3.05) is 6.54 Å². The largest absolute Gasteiger partial charge is 0.374 e. The highest BCUT2D eigenvalue weighted by atomic mass is 16.3. The summed E-state index contributed by atoms with van der Waals surface area (Å²) in [5.41, 5.74) is 2.82. The van der Waals surface area contributed by atoms with Crippen LogP contribution in [0.15, 0.2) is 49.1 Å². The molecule has 1 aliphatic heterocycles. The number of rotatable bonds is 4. The number of aromatic amines is 1. The number of nitrogens with zero attached hydrogens (tertiary/aromatic N) is 5. The number of benzene rings is 1. The van der Waals surface area contributed by atoms with E-state index in [1.54, 1.807) is 17.2 Å². The summed E-state index contributed by atoms with van der Waals surface area (Å²) in [7, 11) is 0. The van der Waals surface area contributed by atoms with Crippen LogP contribution in [0.1, 0.15) is 43.0 Å². The average Bonchev–Trinajstić information content (AvgIpc) is 3.35. The Bertz CT molecular complexity index is 801. The number of aliphatic hydroxyl groups is 1. The van der Waals surface area contributed by atoms with E-state index in [0.29, 0.717) is 12.0 Å². The van der Waals surface area contributed by atoms with Crippen molar-refractivity contribution in [2.24, 2.45) is 0 Å². The van der Waals surface area contributed by atoms with Crippen LogP contribution in [0.3, 0.4) is 0 Å². The van der Waals surface area contributed by atoms with Crippen LogP contribution in [0.2, 0.25) is 0 Å². The van der Waals surface area contributed by atoms with Crippen molar-refractivity contribution in [3.8, 4) is 5.69 Å². The number of likely N-dealkylation sites (tertiary alicyclic amines) is 1. The van der Waals surface area contributed by atoms with Crippen LogP contribution in [0, 0.1) is 0 Å². The molecule has 2 aromatic heterocycles. The number of H-pyrrole nitrogens is 1. The first-order valence-corrected chi connectivity index (χ1v) is 8.62. The Morgan fingerprint density at radius 1 is 1.20 bits per heavy atom. The lowest BCUT2D eigenvalue weighted by atomic mass is 9.88. The molecule has 3 unspecified atom stereocenters. The molecule has 7 nitrogen and oxygen atoms in total. The van der Waals surface area contributed by atoms with Crippen LogP contribution in [0.5, 0.6) is 0 Å². The highest BCUT2D eigenvalue weighted by Crippen LogP contribution is 2.35. The molecule has 3 aromatic rings. The van der Waals surface area contributed by atoms with Gasteiger partial charge in [-0.25, -0.2) is 0 Å². The Balaban J connectivity index is 1.63. The summed E-state index contributed by atoms with van der Waals surface area (Å²) < 4.78 is 0. The minimum absolute atomic E-state index is 0.303. The lowest BCUT2D eigenvalue weighted by Gasteiger charge is -2.41. The fourth-order valence-electron chi connectivity index (χ4n) is 3.64. The first-order valence-electron chi connectivity index (χ1n) is 8.62. The van der Waals surface area contributed by atoms with Gasteiger partial charge >= 0.3 is 0 Å². The van der Waals surface area contributed by atoms with E-state index in [9.17, 15) is 5.11 Å². The highest BCUT2D eigenvalue weighted by Gasteiger charge is 2.32. The molecule has 3 atom stereocenters. The second kappa shape index (κ2) is 6.78. The number of hydrogen-bond donors (Lipinski definition) is 2. The van der Waals surface area contributed by atoms with Crippen LogP contribution >= 0.6 is 0 Å². The van der Waals surface area contributed by atoms with E-state index in [1.165, 1.54) is 5.56 Å². The van der Waals surface area contributed by atoms with Gasteiger partial charge in [0.2, 0.25) is 0 Å². The van der Waals surface area contributed by atoms with Crippen LogP contribution in [-0.4, -0.2) is 47.8 Å². The van der Waals surface area contributed by atoms with Gasteiger partial charge in [0, 0.05) is 24.3 Å². The zero-order valence-corrected chi connectivity index (χ0v) is 14.2. The summed E-state index contributed by atoms with van der Waals surface area (Å²) in [6.45, 7) is 2.96. The molecular weight excluding hydrogens is 316 g/mol. The molecule has 2 N–H and O–H groups in total. The molecule has 1 fully saturated rings. The summed E-state index contributed by atoms with van der Waals surface area (Å²) in [4.78, 5) is 3.71. The normalized spacial score (nSPS) is 22.8. The molecule has 0 spiro atoms. The van der Waals surface area contributed by atoms with Crippen molar-refractivity contribution in [2.45, 2.75) is 38.0 Å². The molecule has 130 valence electrons. The van der Waals surface area contributed by atoms with E-state index in [-0.39, 0.29) is 0 Å². The fourth-order valence-corrected chi connectivity index (χ4v) is 3.64. The van der Waals surface area contributed by atoms with Crippen molar-refractivity contribution >= 4 is 0 Å². The summed E-state index contributed by atoms with van der Waals surface area (Å²) >= 11 is 0. The van der Waals surface area contributed by atoms with Crippen LogP contribution in [-0.2, 0) is 0 Å². The molecule has 4 rings (SSSR count). The number of para-hydroxylation sites is 1. The number of piperidine rings is 1. The predicted octanol–water partition coefficient (Wildman–Crippen LogP) is 2.25. The quantitative estimate of drug-likeness (QED) is 0.762. The third-order valence-electron chi connectivity index (χ3n) is 5.08. The van der Waals surface area contributed by atoms with E-state index >= 15 is 0 Å². The van der Waals surface area contributed by atoms with E-state index in [4.69, 9.17) is 0 Å². The minimum Gasteiger partial charge on any atom is -0.374 e. The van der Waals surface area contributed by atoms with Gasteiger partial charge in [0.15, 0.2) is 0 Å². The third-order valence-corrected chi connectivity index (χ3v) is 5.08. The van der Waals surface area contributed by atoms with Crippen molar-refractivity contribution in [3.05, 3.63) is 60.2 Å². The van der Waals surface area contributed by atoms with Crippen molar-refractivity contribution in [3.63, 3.8) is 0 Å². The maximum absolute atomic E-state index is 11.1. The topological polar surface area (TPSA) is 82.9 Å². The maximum Gasteiger partial charge on any atom is 0.135 e. The van der Waals surface area contributed by atoms with E-state index in [0.717, 1.165) is 30.6 Å². The number of aliphatic hydroxyl groups excluding tert-OH is 1. The van der Waals surface area contributed by atoms with Crippen LogP contribution in [0.25, 0.3) is 5.69 Å². The second-order valence-electron chi connectivity index (χ2n) is 6.60. The van der Waals surface area contributed by atoms with Crippen LogP contribution < -0.4 is 0 Å². The molecule has 1 aromatic carbocycles. The summed E-state index contributed by atoms with van der Waals surface area (Å²) in [5.74, 6) is 0.375. The second-order valence-corrected chi connectivity index (χ2v) is 6.60. The number of aromatic nitrogens is 5. The lowest BCUT2D eigenvalue weighted by molar-refractivity contribution is -0.0433. The van der Waals surface area contributed by atoms with E-state index in [2.05, 4.69) is 32.2 Å². The molecule has 0 aliphatic carbocycles.